The van der Waals surface area contributed by atoms with Crippen molar-refractivity contribution in [2.45, 2.75) is 37.9 Å². The number of fused-ring (bicyclic) bond motifs is 3. The van der Waals surface area contributed by atoms with Crippen LogP contribution in [0.25, 0.3) is 0 Å². The van der Waals surface area contributed by atoms with Crippen LogP contribution < -0.4 is 0 Å². The van der Waals surface area contributed by atoms with E-state index in [1.165, 1.54) is 31.5 Å². The first-order valence-electron chi connectivity index (χ1n) is 9.88. The Balaban J connectivity index is 1.58. The highest BCUT2D eigenvalue weighted by atomic mass is 16.3. The third kappa shape index (κ3) is 3.44. The topological polar surface area (TPSA) is 43.7 Å². The Labute approximate surface area is 156 Å². The van der Waals surface area contributed by atoms with E-state index < -0.39 is 5.60 Å². The van der Waals surface area contributed by atoms with Crippen molar-refractivity contribution in [1.82, 2.24) is 4.90 Å². The van der Waals surface area contributed by atoms with Gasteiger partial charge in [0.2, 0.25) is 0 Å². The van der Waals surface area contributed by atoms with Gasteiger partial charge in [0.25, 0.3) is 0 Å². The molecular weight excluding hydrogens is 322 g/mol. The minimum atomic E-state index is -0.777. The van der Waals surface area contributed by atoms with Gasteiger partial charge in [0.15, 0.2) is 0 Å². The van der Waals surface area contributed by atoms with Gasteiger partial charge < -0.3 is 15.1 Å². The summed E-state index contributed by atoms with van der Waals surface area (Å²) in [6.45, 7) is 3.47. The van der Waals surface area contributed by atoms with Gasteiger partial charge in [0.05, 0.1) is 12.2 Å². The second kappa shape index (κ2) is 7.51. The lowest BCUT2D eigenvalue weighted by atomic mass is 9.66. The SMILES string of the molecule is OCc1ccc(CCC(O)(c2ccccc2)C2CN3CCC2CC3)cc1. The highest BCUT2D eigenvalue weighted by Gasteiger charge is 2.47. The number of piperidine rings is 3. The van der Waals surface area contributed by atoms with E-state index in [4.69, 9.17) is 0 Å². The van der Waals surface area contributed by atoms with Crippen LogP contribution in [0, 0.1) is 11.8 Å². The number of aliphatic hydroxyl groups excluding tert-OH is 1. The molecule has 0 spiro atoms. The Morgan fingerprint density at radius 2 is 1.58 bits per heavy atom. The van der Waals surface area contributed by atoms with Gasteiger partial charge in [-0.25, -0.2) is 0 Å². The Hall–Kier alpha value is -1.68. The summed E-state index contributed by atoms with van der Waals surface area (Å²) < 4.78 is 0. The molecule has 2 N–H and O–H groups in total. The molecule has 138 valence electrons. The lowest BCUT2D eigenvalue weighted by Crippen LogP contribution is -2.55. The van der Waals surface area contributed by atoms with Gasteiger partial charge in [-0.3, -0.25) is 0 Å². The van der Waals surface area contributed by atoms with Crippen LogP contribution in [0.2, 0.25) is 0 Å². The molecule has 0 aromatic heterocycles. The molecule has 2 atom stereocenters. The predicted octanol–water partition coefficient (Wildman–Crippen LogP) is 3.34. The molecule has 2 unspecified atom stereocenters. The fourth-order valence-corrected chi connectivity index (χ4v) is 4.92. The average Bonchev–Trinajstić information content (AvgIpc) is 2.74. The van der Waals surface area contributed by atoms with Crippen LogP contribution >= 0.6 is 0 Å². The first-order chi connectivity index (χ1) is 12.7. The minimum absolute atomic E-state index is 0.0772. The number of benzene rings is 2. The van der Waals surface area contributed by atoms with Gasteiger partial charge in [-0.2, -0.15) is 0 Å². The normalized spacial score (nSPS) is 27.2. The number of hydrogen-bond donors (Lipinski definition) is 2. The maximum atomic E-state index is 11.9. The van der Waals surface area contributed by atoms with Crippen molar-refractivity contribution in [3.8, 4) is 0 Å². The number of aryl methyl sites for hydroxylation is 1. The van der Waals surface area contributed by atoms with E-state index in [1.807, 2.05) is 30.3 Å². The van der Waals surface area contributed by atoms with Crippen LogP contribution in [-0.2, 0) is 18.6 Å². The quantitative estimate of drug-likeness (QED) is 0.839. The van der Waals surface area contributed by atoms with Crippen molar-refractivity contribution in [3.63, 3.8) is 0 Å². The van der Waals surface area contributed by atoms with Crippen molar-refractivity contribution in [1.29, 1.82) is 0 Å². The van der Waals surface area contributed by atoms with E-state index in [2.05, 4.69) is 29.2 Å². The Morgan fingerprint density at radius 1 is 0.923 bits per heavy atom. The maximum absolute atomic E-state index is 11.9. The van der Waals surface area contributed by atoms with Crippen LogP contribution in [0.1, 0.15) is 36.0 Å². The van der Waals surface area contributed by atoms with E-state index in [1.54, 1.807) is 0 Å². The average molecular weight is 351 g/mol. The monoisotopic (exact) mass is 351 g/mol. The van der Waals surface area contributed by atoms with Crippen LogP contribution in [0.3, 0.4) is 0 Å². The molecule has 3 nitrogen and oxygen atoms in total. The summed E-state index contributed by atoms with van der Waals surface area (Å²) in [7, 11) is 0. The second-order valence-corrected chi connectivity index (χ2v) is 8.01. The van der Waals surface area contributed by atoms with Crippen molar-refractivity contribution in [2.75, 3.05) is 19.6 Å². The molecular formula is C23H29NO2. The Morgan fingerprint density at radius 3 is 2.15 bits per heavy atom. The van der Waals surface area contributed by atoms with Crippen molar-refractivity contribution in [2.24, 2.45) is 11.8 Å². The molecule has 3 aliphatic rings. The smallest absolute Gasteiger partial charge is 0.0942 e. The Kier molecular flexibility index (Phi) is 5.12. The number of nitrogens with zero attached hydrogens (tertiary/aromatic N) is 1. The minimum Gasteiger partial charge on any atom is -0.392 e. The van der Waals surface area contributed by atoms with Gasteiger partial charge in [0.1, 0.15) is 0 Å². The first kappa shape index (κ1) is 17.7. The fourth-order valence-electron chi connectivity index (χ4n) is 4.92. The molecule has 3 heteroatoms. The molecule has 3 heterocycles. The van der Waals surface area contributed by atoms with E-state index >= 15 is 0 Å². The molecule has 5 rings (SSSR count). The zero-order valence-electron chi connectivity index (χ0n) is 15.3. The van der Waals surface area contributed by atoms with Crippen molar-refractivity contribution in [3.05, 3.63) is 71.3 Å². The number of aliphatic hydroxyl groups is 2. The largest absolute Gasteiger partial charge is 0.392 e. The van der Waals surface area contributed by atoms with Crippen LogP contribution in [0.5, 0.6) is 0 Å². The van der Waals surface area contributed by atoms with E-state index in [9.17, 15) is 10.2 Å². The zero-order chi connectivity index (χ0) is 18.0. The molecule has 2 aromatic rings. The summed E-state index contributed by atoms with van der Waals surface area (Å²) in [4.78, 5) is 2.52. The molecule has 3 aliphatic heterocycles. The lowest BCUT2D eigenvalue weighted by molar-refractivity contribution is -0.106. The summed E-state index contributed by atoms with van der Waals surface area (Å²) in [6.07, 6.45) is 4.01. The molecule has 2 aromatic carbocycles. The molecule has 0 amide bonds. The molecule has 3 fully saturated rings. The van der Waals surface area contributed by atoms with E-state index in [-0.39, 0.29) is 6.61 Å². The summed E-state index contributed by atoms with van der Waals surface area (Å²) in [6, 6.07) is 18.4. The van der Waals surface area contributed by atoms with Gasteiger partial charge in [-0.1, -0.05) is 54.6 Å². The highest BCUT2D eigenvalue weighted by molar-refractivity contribution is 5.27. The van der Waals surface area contributed by atoms with Gasteiger partial charge >= 0.3 is 0 Å². The lowest BCUT2D eigenvalue weighted by Gasteiger charge is -2.51. The molecule has 0 radical (unpaired) electrons. The number of rotatable bonds is 6. The maximum Gasteiger partial charge on any atom is 0.0942 e. The van der Waals surface area contributed by atoms with Gasteiger partial charge in [-0.05, 0) is 61.4 Å². The van der Waals surface area contributed by atoms with Gasteiger partial charge in [0, 0.05) is 12.5 Å². The van der Waals surface area contributed by atoms with Crippen molar-refractivity contribution >= 4 is 0 Å². The highest BCUT2D eigenvalue weighted by Crippen LogP contribution is 2.45. The molecule has 0 saturated carbocycles. The van der Waals surface area contributed by atoms with Gasteiger partial charge in [-0.15, -0.1) is 0 Å². The fraction of sp³-hybridized carbons (Fsp3) is 0.478. The summed E-state index contributed by atoms with van der Waals surface area (Å²) in [5.74, 6) is 0.936. The third-order valence-corrected chi connectivity index (χ3v) is 6.54. The van der Waals surface area contributed by atoms with E-state index in [0.29, 0.717) is 11.8 Å². The predicted molar refractivity (Wildman–Crippen MR) is 104 cm³/mol. The summed E-state index contributed by atoms with van der Waals surface area (Å²) >= 11 is 0. The molecule has 0 aliphatic carbocycles. The van der Waals surface area contributed by atoms with Crippen LogP contribution in [0.15, 0.2) is 54.6 Å². The van der Waals surface area contributed by atoms with E-state index in [0.717, 1.165) is 30.5 Å². The third-order valence-electron chi connectivity index (χ3n) is 6.54. The Bertz CT molecular complexity index is 707. The van der Waals surface area contributed by atoms with Crippen LogP contribution in [-0.4, -0.2) is 34.7 Å². The zero-order valence-corrected chi connectivity index (χ0v) is 15.3. The molecule has 2 bridgehead atoms. The molecule has 3 saturated heterocycles. The summed E-state index contributed by atoms with van der Waals surface area (Å²) in [5, 5.41) is 21.1. The standard InChI is InChI=1S/C23H29NO2/c25-17-19-8-6-18(7-9-19)10-13-23(26,21-4-2-1-3-5-21)22-16-24-14-11-20(22)12-15-24/h1-9,20,22,25-26H,10-17H2. The molecule has 26 heavy (non-hydrogen) atoms. The second-order valence-electron chi connectivity index (χ2n) is 8.01. The summed E-state index contributed by atoms with van der Waals surface area (Å²) in [5.41, 5.74) is 2.44. The first-order valence-corrected chi connectivity index (χ1v) is 9.88. The number of hydrogen-bond acceptors (Lipinski definition) is 3. The van der Waals surface area contributed by atoms with Crippen molar-refractivity contribution < 1.29 is 10.2 Å². The van der Waals surface area contributed by atoms with Crippen LogP contribution in [0.4, 0.5) is 0 Å².